The third kappa shape index (κ3) is 6.29. The van der Waals surface area contributed by atoms with Crippen LogP contribution < -0.4 is 19.7 Å². The second kappa shape index (κ2) is 12.2. The van der Waals surface area contributed by atoms with Crippen molar-refractivity contribution >= 4 is 45.2 Å². The van der Waals surface area contributed by atoms with Gasteiger partial charge in [-0.15, -0.1) is 0 Å². The molecule has 3 aromatic rings. The maximum Gasteiger partial charge on any atom is 0.335 e. The highest BCUT2D eigenvalue weighted by atomic mass is 32.2. The number of sulfonamides is 1. The molecule has 17 heteroatoms. The number of pyridine rings is 1. The van der Waals surface area contributed by atoms with Gasteiger partial charge in [0, 0.05) is 36.6 Å². The van der Waals surface area contributed by atoms with Gasteiger partial charge in [-0.25, -0.2) is 27.3 Å². The number of aromatic nitrogens is 1. The number of carbonyl (C=O) groups excluding carboxylic acids is 3. The van der Waals surface area contributed by atoms with E-state index in [4.69, 9.17) is 0 Å². The summed E-state index contributed by atoms with van der Waals surface area (Å²) in [5.41, 5.74) is 0.0409. The highest BCUT2D eigenvalue weighted by molar-refractivity contribution is 7.92. The molecule has 46 heavy (non-hydrogen) atoms. The first kappa shape index (κ1) is 31.5. The molecule has 1 unspecified atom stereocenters. The number of imide groups is 1. The fourth-order valence-electron chi connectivity index (χ4n) is 4.77. The second-order valence-corrected chi connectivity index (χ2v) is 11.9. The number of nitrogens with zero attached hydrogens (tertiary/aromatic N) is 4. The van der Waals surface area contributed by atoms with Crippen LogP contribution in [0.5, 0.6) is 0 Å². The van der Waals surface area contributed by atoms with Gasteiger partial charge in [-0.2, -0.15) is 4.73 Å². The molecule has 1 fully saturated rings. The van der Waals surface area contributed by atoms with Crippen LogP contribution >= 0.6 is 0 Å². The predicted molar refractivity (Wildman–Crippen MR) is 157 cm³/mol. The van der Waals surface area contributed by atoms with Crippen molar-refractivity contribution in [3.8, 4) is 0 Å². The molecule has 0 spiro atoms. The van der Waals surface area contributed by atoms with E-state index in [1.54, 1.807) is 0 Å². The van der Waals surface area contributed by atoms with Gasteiger partial charge >= 0.3 is 12.0 Å². The number of benzene rings is 2. The number of anilines is 2. The van der Waals surface area contributed by atoms with Crippen LogP contribution in [0.1, 0.15) is 15.9 Å². The van der Waals surface area contributed by atoms with E-state index >= 15 is 0 Å². The molecule has 236 valence electrons. The lowest BCUT2D eigenvalue weighted by molar-refractivity contribution is -0.605. The normalized spacial score (nSPS) is 16.9. The van der Waals surface area contributed by atoms with Crippen molar-refractivity contribution in [3.63, 3.8) is 0 Å². The van der Waals surface area contributed by atoms with E-state index in [1.807, 2.05) is 0 Å². The summed E-state index contributed by atoms with van der Waals surface area (Å²) in [6.45, 7) is 0. The van der Waals surface area contributed by atoms with Crippen molar-refractivity contribution < 1.29 is 46.6 Å². The molecule has 2 aliphatic heterocycles. The zero-order valence-corrected chi connectivity index (χ0v) is 24.5. The number of carbonyl (C=O) groups is 4. The van der Waals surface area contributed by atoms with Gasteiger partial charge < -0.3 is 15.6 Å². The van der Waals surface area contributed by atoms with Gasteiger partial charge in [0.1, 0.15) is 23.5 Å². The first-order chi connectivity index (χ1) is 21.7. The Hall–Kier alpha value is -5.97. The molecule has 1 saturated heterocycles. The van der Waals surface area contributed by atoms with Crippen LogP contribution in [0.3, 0.4) is 0 Å². The molecule has 0 radical (unpaired) electrons. The average molecular weight is 652 g/mol. The lowest BCUT2D eigenvalue weighted by Crippen LogP contribution is -2.54. The summed E-state index contributed by atoms with van der Waals surface area (Å²) in [6.07, 6.45) is 5.36. The lowest BCUT2D eigenvalue weighted by atomic mass is 9.98. The number of fused-ring (bicyclic) bond motifs is 1. The predicted octanol–water partition coefficient (Wildman–Crippen LogP) is 1.85. The van der Waals surface area contributed by atoms with Crippen LogP contribution in [0.25, 0.3) is 0 Å². The third-order valence-electron chi connectivity index (χ3n) is 7.14. The molecule has 2 atom stereocenters. The number of rotatable bonds is 9. The van der Waals surface area contributed by atoms with Crippen molar-refractivity contribution in [2.24, 2.45) is 5.92 Å². The number of nitroso groups, excluding NO2 is 1. The van der Waals surface area contributed by atoms with Crippen LogP contribution in [0.4, 0.5) is 20.6 Å². The largest absolute Gasteiger partial charge is 0.619 e. The van der Waals surface area contributed by atoms with Crippen LogP contribution in [0.15, 0.2) is 96.1 Å². The van der Waals surface area contributed by atoms with Crippen LogP contribution in [-0.4, -0.2) is 60.1 Å². The minimum Gasteiger partial charge on any atom is -0.619 e. The third-order valence-corrected chi connectivity index (χ3v) is 8.54. The Morgan fingerprint density at radius 2 is 1.76 bits per heavy atom. The van der Waals surface area contributed by atoms with Gasteiger partial charge in [0.05, 0.1) is 26.6 Å². The maximum absolute atomic E-state index is 14.9. The molecule has 15 nitrogen and oxygen atoms in total. The van der Waals surface area contributed by atoms with Gasteiger partial charge in [0.2, 0.25) is 18.3 Å². The Balaban J connectivity index is 1.26. The Bertz CT molecular complexity index is 1950. The number of carboxylic acid groups (broad SMARTS) is 1. The monoisotopic (exact) mass is 651 g/mol. The molecule has 0 bridgehead atoms. The van der Waals surface area contributed by atoms with E-state index in [2.05, 4.69) is 10.0 Å². The minimum absolute atomic E-state index is 0.192. The van der Waals surface area contributed by atoms with Gasteiger partial charge in [-0.3, -0.25) is 19.2 Å². The van der Waals surface area contributed by atoms with Crippen molar-refractivity contribution in [2.45, 2.75) is 17.4 Å². The number of aliphatic carboxylic acids is 1. The molecule has 2 aliphatic rings. The fourth-order valence-corrected chi connectivity index (χ4v) is 5.80. The standard InChI is InChI=1S/C29H23FN6O9S/c1-33-25-16-35(43)13-10-22(25)27(38)36(29(33)41)19-5-2-17(3-6-19)14-24(28(39)40)31-26(37)21-7-4-18(15-23(21)30)32-46(44,45)20-8-11-34(42)12-9-20/h2-13,15-16,22,24H,14H2,1H3,(H2-,31,32,37,39,40)/p+1/t22?,24-/m0/s1. The van der Waals surface area contributed by atoms with E-state index in [0.717, 1.165) is 60.0 Å². The Morgan fingerprint density at radius 3 is 2.39 bits per heavy atom. The summed E-state index contributed by atoms with van der Waals surface area (Å²) in [5, 5.41) is 23.1. The summed E-state index contributed by atoms with van der Waals surface area (Å²) < 4.78 is 42.9. The van der Waals surface area contributed by atoms with E-state index in [-0.39, 0.29) is 28.4 Å². The molecule has 5 rings (SSSR count). The van der Waals surface area contributed by atoms with E-state index < -0.39 is 57.2 Å². The first-order valence-corrected chi connectivity index (χ1v) is 14.8. The number of amides is 4. The van der Waals surface area contributed by atoms with Gasteiger partial charge in [0.25, 0.3) is 15.9 Å². The van der Waals surface area contributed by atoms with Crippen molar-refractivity contribution in [1.82, 2.24) is 10.2 Å². The molecule has 0 aliphatic carbocycles. The SMILES string of the molecule is CN1C(=O)N(c2ccc(C[C@H](NC(=O)c3ccc(NS(=O)(=O)c4cc[n+]([O-])cc4)cc3F)C(=O)O)cc2)C(=O)C2C=C[N+](=O)C=C21. The van der Waals surface area contributed by atoms with Crippen molar-refractivity contribution in [3.05, 3.63) is 118 Å². The molecule has 3 N–H and O–H groups in total. The summed E-state index contributed by atoms with van der Waals surface area (Å²) in [7, 11) is -2.76. The minimum atomic E-state index is -4.18. The van der Waals surface area contributed by atoms with Gasteiger partial charge in [0.15, 0.2) is 12.4 Å². The second-order valence-electron chi connectivity index (χ2n) is 10.2. The van der Waals surface area contributed by atoms with E-state index in [9.17, 15) is 47.2 Å². The fraction of sp³-hybridized carbons (Fsp3) is 0.138. The van der Waals surface area contributed by atoms with Crippen molar-refractivity contribution in [1.29, 1.82) is 0 Å². The number of hydrogen-bond acceptors (Lipinski definition) is 8. The Labute approximate surface area is 260 Å². The highest BCUT2D eigenvalue weighted by Gasteiger charge is 2.44. The molecule has 2 aromatic carbocycles. The summed E-state index contributed by atoms with van der Waals surface area (Å²) in [4.78, 5) is 64.3. The van der Waals surface area contributed by atoms with E-state index in [1.165, 1.54) is 42.3 Å². The lowest BCUT2D eigenvalue weighted by Gasteiger charge is -2.36. The van der Waals surface area contributed by atoms with Crippen LogP contribution in [0, 0.1) is 21.8 Å². The zero-order valence-electron chi connectivity index (χ0n) is 23.7. The molecular weight excluding hydrogens is 627 g/mol. The number of nitrogens with one attached hydrogen (secondary N) is 2. The topological polar surface area (TPSA) is 200 Å². The van der Waals surface area contributed by atoms with Gasteiger partial charge in [-0.05, 0) is 35.9 Å². The average Bonchev–Trinajstić information content (AvgIpc) is 3.00. The Morgan fingerprint density at radius 1 is 1.09 bits per heavy atom. The zero-order chi connectivity index (χ0) is 33.3. The number of carboxylic acids is 1. The van der Waals surface area contributed by atoms with Crippen molar-refractivity contribution in [2.75, 3.05) is 16.7 Å². The Kier molecular flexibility index (Phi) is 8.34. The van der Waals surface area contributed by atoms with E-state index in [0.29, 0.717) is 15.1 Å². The summed E-state index contributed by atoms with van der Waals surface area (Å²) in [6, 6.07) is 8.49. The quantitative estimate of drug-likeness (QED) is 0.228. The van der Waals surface area contributed by atoms with Crippen LogP contribution in [0.2, 0.25) is 0 Å². The number of hydrogen-bond donors (Lipinski definition) is 3. The summed E-state index contributed by atoms with van der Waals surface area (Å²) in [5.74, 6) is -5.08. The number of halogens is 1. The molecule has 1 aromatic heterocycles. The maximum atomic E-state index is 14.9. The smallest absolute Gasteiger partial charge is 0.335 e. The summed E-state index contributed by atoms with van der Waals surface area (Å²) >= 11 is 0. The number of urea groups is 1. The molecular formula is C29H24FN6O9S+. The first-order valence-electron chi connectivity index (χ1n) is 13.4. The molecule has 0 saturated carbocycles. The molecule has 3 heterocycles. The van der Waals surface area contributed by atoms with Crippen LogP contribution in [-0.2, 0) is 26.0 Å². The highest BCUT2D eigenvalue weighted by Crippen LogP contribution is 2.32. The molecule has 4 amide bonds. The van der Waals surface area contributed by atoms with Gasteiger partial charge in [-0.1, -0.05) is 12.1 Å².